The highest BCUT2D eigenvalue weighted by Crippen LogP contribution is 2.47. The molecule has 4 heterocycles. The number of fused-ring (bicyclic) bond motifs is 7. The van der Waals surface area contributed by atoms with Crippen LogP contribution in [0.15, 0.2) is 52.3 Å². The second-order valence-electron chi connectivity index (χ2n) is 8.52. The highest BCUT2D eigenvalue weighted by atomic mass is 32.1. The number of ether oxygens (including phenoxy) is 2. The highest BCUT2D eigenvalue weighted by Gasteiger charge is 2.55. The molecular weight excluding hydrogens is 442 g/mol. The lowest BCUT2D eigenvalue weighted by Gasteiger charge is -2.44. The van der Waals surface area contributed by atoms with Crippen LogP contribution in [0.1, 0.15) is 29.7 Å². The summed E-state index contributed by atoms with van der Waals surface area (Å²) in [6, 6.07) is 12.3. The Morgan fingerprint density at radius 2 is 2.03 bits per heavy atom. The predicted octanol–water partition coefficient (Wildman–Crippen LogP) is 1.49. The molecule has 0 aliphatic carbocycles. The van der Waals surface area contributed by atoms with E-state index in [4.69, 9.17) is 14.5 Å². The van der Waals surface area contributed by atoms with Gasteiger partial charge in [-0.3, -0.25) is 19.0 Å². The van der Waals surface area contributed by atoms with Crippen molar-refractivity contribution in [3.8, 4) is 5.75 Å². The number of carbonyl (C=O) groups is 2. The number of nitrogens with one attached hydrogen (secondary N) is 1. The molecule has 8 nitrogen and oxygen atoms in total. The minimum Gasteiger partial charge on any atom is -0.469 e. The predicted molar refractivity (Wildman–Crippen MR) is 121 cm³/mol. The molecule has 0 radical (unpaired) electrons. The third kappa shape index (κ3) is 2.62. The number of rotatable bonds is 1. The number of amides is 1. The molecule has 166 valence electrons. The maximum atomic E-state index is 13.8. The third-order valence-electron chi connectivity index (χ3n) is 6.46. The van der Waals surface area contributed by atoms with E-state index in [0.29, 0.717) is 32.9 Å². The largest absolute Gasteiger partial charge is 0.469 e. The zero-order valence-corrected chi connectivity index (χ0v) is 18.9. The Labute approximate surface area is 191 Å². The van der Waals surface area contributed by atoms with Gasteiger partial charge in [0.15, 0.2) is 4.80 Å². The number of carbonyl (C=O) groups excluding carboxylic acids is 2. The topological polar surface area (TPSA) is 99.0 Å². The van der Waals surface area contributed by atoms with Crippen LogP contribution in [-0.4, -0.2) is 29.3 Å². The molecule has 9 heteroatoms. The van der Waals surface area contributed by atoms with Gasteiger partial charge in [-0.1, -0.05) is 41.2 Å². The molecule has 3 aromatic rings. The van der Waals surface area contributed by atoms with Crippen molar-refractivity contribution in [3.63, 3.8) is 0 Å². The van der Waals surface area contributed by atoms with Crippen molar-refractivity contribution >= 4 is 34.5 Å². The van der Waals surface area contributed by atoms with E-state index in [2.05, 4.69) is 5.32 Å². The van der Waals surface area contributed by atoms with Gasteiger partial charge in [-0.05, 0) is 32.0 Å². The number of aryl methyl sites for hydroxylation is 1. The number of methoxy groups -OCH3 is 1. The van der Waals surface area contributed by atoms with Gasteiger partial charge in [0.05, 0.1) is 18.7 Å². The summed E-state index contributed by atoms with van der Waals surface area (Å²) in [7, 11) is 1.31. The highest BCUT2D eigenvalue weighted by molar-refractivity contribution is 7.07. The summed E-state index contributed by atoms with van der Waals surface area (Å²) in [6.07, 6.45) is 0. The smallest absolute Gasteiger partial charge is 0.317 e. The van der Waals surface area contributed by atoms with E-state index in [9.17, 15) is 14.4 Å². The fourth-order valence-electron chi connectivity index (χ4n) is 4.99. The van der Waals surface area contributed by atoms with Gasteiger partial charge < -0.3 is 14.8 Å². The molecule has 1 aromatic heterocycles. The van der Waals surface area contributed by atoms with Crippen LogP contribution in [0, 0.1) is 12.8 Å². The van der Waals surface area contributed by atoms with Crippen LogP contribution in [0.25, 0.3) is 5.57 Å². The summed E-state index contributed by atoms with van der Waals surface area (Å²) in [5.74, 6) is -1.14. The van der Waals surface area contributed by atoms with E-state index in [0.717, 1.165) is 16.9 Å². The standard InChI is InChI=1S/C24H19N3O5S/c1-11-8-9-14-13(10-11)16(20(28)25-14)19-21(29)27-18-12-6-4-5-7-15(12)32-24(2,26-23(27)33-19)17(18)22(30)31-3/h4-10,17-18H,1-3H3,(H,25,28)/b19-16-/t17-,18?,24?/m0/s1. The molecule has 0 fully saturated rings. The van der Waals surface area contributed by atoms with Crippen LogP contribution in [0.4, 0.5) is 5.69 Å². The molecule has 33 heavy (non-hydrogen) atoms. The minimum absolute atomic E-state index is 0.285. The van der Waals surface area contributed by atoms with E-state index in [1.54, 1.807) is 13.0 Å². The first-order valence-corrected chi connectivity index (χ1v) is 11.3. The van der Waals surface area contributed by atoms with Crippen LogP contribution in [0.5, 0.6) is 5.75 Å². The molecular formula is C24H19N3O5S. The molecule has 0 saturated heterocycles. The van der Waals surface area contributed by atoms with E-state index >= 15 is 0 Å². The Kier molecular flexibility index (Phi) is 4.01. The van der Waals surface area contributed by atoms with Crippen molar-refractivity contribution in [1.29, 1.82) is 0 Å². The lowest BCUT2D eigenvalue weighted by atomic mass is 9.81. The Bertz CT molecular complexity index is 1570. The van der Waals surface area contributed by atoms with Crippen LogP contribution >= 0.6 is 11.3 Å². The number of thiazole rings is 1. The van der Waals surface area contributed by atoms with Gasteiger partial charge in [0, 0.05) is 16.8 Å². The fraction of sp³-hybridized carbons (Fsp3) is 0.250. The fourth-order valence-corrected chi connectivity index (χ4v) is 6.18. The molecule has 3 atom stereocenters. The molecule has 6 rings (SSSR count). The maximum Gasteiger partial charge on any atom is 0.317 e. The van der Waals surface area contributed by atoms with Crippen molar-refractivity contribution in [3.05, 3.63) is 78.8 Å². The quantitative estimate of drug-likeness (QED) is 0.554. The van der Waals surface area contributed by atoms with Gasteiger partial charge in [0.2, 0.25) is 5.72 Å². The lowest BCUT2D eigenvalue weighted by molar-refractivity contribution is -0.158. The van der Waals surface area contributed by atoms with Crippen molar-refractivity contribution in [1.82, 2.24) is 4.57 Å². The first-order chi connectivity index (χ1) is 15.8. The molecule has 2 aromatic carbocycles. The summed E-state index contributed by atoms with van der Waals surface area (Å²) < 4.78 is 13.1. The van der Waals surface area contributed by atoms with Gasteiger partial charge in [-0.25, -0.2) is 4.99 Å². The number of esters is 1. The van der Waals surface area contributed by atoms with Crippen LogP contribution in [0.3, 0.4) is 0 Å². The van der Waals surface area contributed by atoms with Gasteiger partial charge >= 0.3 is 5.97 Å². The summed E-state index contributed by atoms with van der Waals surface area (Å²) in [4.78, 5) is 44.7. The first-order valence-electron chi connectivity index (χ1n) is 10.5. The summed E-state index contributed by atoms with van der Waals surface area (Å²) in [5, 5.41) is 2.84. The van der Waals surface area contributed by atoms with E-state index in [1.807, 2.05) is 43.3 Å². The average molecular weight is 461 g/mol. The molecule has 3 aliphatic heterocycles. The number of para-hydroxylation sites is 1. The minimum atomic E-state index is -1.25. The normalized spacial score (nSPS) is 25.7. The SMILES string of the molecule is COC(=O)[C@@H]1C2c3ccccc3OC1(C)N=c1s/c(=C3\C(=O)Nc4ccc(C)cc43)c(=O)n12. The van der Waals surface area contributed by atoms with Gasteiger partial charge in [-0.2, -0.15) is 0 Å². The zero-order chi connectivity index (χ0) is 23.1. The molecule has 2 unspecified atom stereocenters. The van der Waals surface area contributed by atoms with Crippen LogP contribution in [-0.2, 0) is 14.3 Å². The van der Waals surface area contributed by atoms with Crippen molar-refractivity contribution < 1.29 is 19.1 Å². The van der Waals surface area contributed by atoms with E-state index in [-0.39, 0.29) is 16.0 Å². The van der Waals surface area contributed by atoms with E-state index in [1.165, 1.54) is 11.7 Å². The Morgan fingerprint density at radius 1 is 1.24 bits per heavy atom. The van der Waals surface area contributed by atoms with Crippen molar-refractivity contribution in [2.75, 3.05) is 12.4 Å². The van der Waals surface area contributed by atoms with Crippen molar-refractivity contribution in [2.24, 2.45) is 10.9 Å². The summed E-state index contributed by atoms with van der Waals surface area (Å²) in [6.45, 7) is 3.65. The lowest BCUT2D eigenvalue weighted by Crippen LogP contribution is -2.58. The van der Waals surface area contributed by atoms with Gasteiger partial charge in [-0.15, -0.1) is 0 Å². The summed E-state index contributed by atoms with van der Waals surface area (Å²) in [5.41, 5.74) is 1.74. The zero-order valence-electron chi connectivity index (χ0n) is 18.0. The third-order valence-corrected chi connectivity index (χ3v) is 7.51. The average Bonchev–Trinajstić information content (AvgIpc) is 3.26. The molecule has 0 saturated carbocycles. The first kappa shape index (κ1) is 19.9. The Morgan fingerprint density at radius 3 is 2.82 bits per heavy atom. The number of anilines is 1. The molecule has 1 amide bonds. The number of nitrogens with zero attached hydrogens (tertiary/aromatic N) is 2. The van der Waals surface area contributed by atoms with Crippen molar-refractivity contribution in [2.45, 2.75) is 25.6 Å². The maximum absolute atomic E-state index is 13.8. The molecule has 0 spiro atoms. The second kappa shape index (κ2) is 6.64. The Balaban J connectivity index is 1.71. The summed E-state index contributed by atoms with van der Waals surface area (Å²) >= 11 is 1.14. The monoisotopic (exact) mass is 461 g/mol. The number of hydrogen-bond acceptors (Lipinski definition) is 7. The Hall–Kier alpha value is -3.72. The molecule has 1 N–H and O–H groups in total. The molecule has 3 aliphatic rings. The van der Waals surface area contributed by atoms with E-state index < -0.39 is 23.7 Å². The van der Waals surface area contributed by atoms with Gasteiger partial charge in [0.25, 0.3) is 11.5 Å². The second-order valence-corrected chi connectivity index (χ2v) is 9.50. The number of hydrogen-bond donors (Lipinski definition) is 1. The number of benzene rings is 2. The van der Waals surface area contributed by atoms with Crippen LogP contribution < -0.4 is 24.9 Å². The molecule has 2 bridgehead atoms. The number of aromatic nitrogens is 1. The van der Waals surface area contributed by atoms with Crippen LogP contribution in [0.2, 0.25) is 0 Å². The van der Waals surface area contributed by atoms with Gasteiger partial charge in [0.1, 0.15) is 16.2 Å².